The first kappa shape index (κ1) is 9.33. The molecule has 1 radical (unpaired) electrons. The molecule has 1 heterocycles. The molecule has 0 saturated carbocycles. The molecule has 0 amide bonds. The van der Waals surface area contributed by atoms with Gasteiger partial charge < -0.3 is 4.42 Å². The van der Waals surface area contributed by atoms with Crippen LogP contribution >= 0.6 is 0 Å². The molecule has 1 unspecified atom stereocenters. The molecule has 2 nitrogen and oxygen atoms in total. The molecule has 0 aromatic carbocycles. The minimum atomic E-state index is 0.264. The van der Waals surface area contributed by atoms with E-state index >= 15 is 0 Å². The molecule has 67 valence electrons. The van der Waals surface area contributed by atoms with Crippen LogP contribution in [0.3, 0.4) is 0 Å². The minimum Gasteiger partial charge on any atom is -0.468 e. The maximum atomic E-state index is 5.29. The van der Waals surface area contributed by atoms with Crippen molar-refractivity contribution in [2.45, 2.75) is 32.2 Å². The first-order valence-corrected chi connectivity index (χ1v) is 4.50. The zero-order valence-electron chi connectivity index (χ0n) is 7.79. The number of hydrogen-bond donors (Lipinski definition) is 0. The van der Waals surface area contributed by atoms with E-state index in [0.717, 1.165) is 12.2 Å². The Morgan fingerprint density at radius 3 is 2.92 bits per heavy atom. The summed E-state index contributed by atoms with van der Waals surface area (Å²) in [4.78, 5) is 0. The molecule has 0 spiro atoms. The average molecular weight is 166 g/mol. The summed E-state index contributed by atoms with van der Waals surface area (Å²) >= 11 is 0. The Labute approximate surface area is 74.0 Å². The summed E-state index contributed by atoms with van der Waals surface area (Å²) in [5.74, 6) is 0.992. The number of rotatable bonds is 5. The van der Waals surface area contributed by atoms with Crippen LogP contribution in [0.25, 0.3) is 0 Å². The Kier molecular flexibility index (Phi) is 3.88. The molecule has 1 aromatic rings. The molecule has 0 aliphatic rings. The third kappa shape index (κ3) is 2.38. The van der Waals surface area contributed by atoms with Gasteiger partial charge in [-0.25, -0.2) is 5.32 Å². The molecular weight excluding hydrogens is 150 g/mol. The molecule has 12 heavy (non-hydrogen) atoms. The van der Waals surface area contributed by atoms with E-state index in [1.165, 1.54) is 12.8 Å². The Bertz CT molecular complexity index is 194. The maximum Gasteiger partial charge on any atom is 0.122 e. The zero-order chi connectivity index (χ0) is 8.81. The fourth-order valence-corrected chi connectivity index (χ4v) is 1.28. The summed E-state index contributed by atoms with van der Waals surface area (Å²) in [6.45, 7) is 2.19. The monoisotopic (exact) mass is 166 g/mol. The Hall–Kier alpha value is -0.760. The van der Waals surface area contributed by atoms with Crippen LogP contribution in [0, 0.1) is 0 Å². The van der Waals surface area contributed by atoms with Crippen LogP contribution in [0.1, 0.15) is 38.0 Å². The summed E-state index contributed by atoms with van der Waals surface area (Å²) in [6, 6.07) is 4.17. The second kappa shape index (κ2) is 4.99. The highest BCUT2D eigenvalue weighted by atomic mass is 16.3. The van der Waals surface area contributed by atoms with E-state index in [2.05, 4.69) is 12.2 Å². The van der Waals surface area contributed by atoms with Gasteiger partial charge in [-0.3, -0.25) is 0 Å². The quantitative estimate of drug-likeness (QED) is 0.660. The van der Waals surface area contributed by atoms with Gasteiger partial charge in [-0.2, -0.15) is 0 Å². The summed E-state index contributed by atoms with van der Waals surface area (Å²) in [5, 5.41) is 4.27. The number of unbranched alkanes of at least 4 members (excludes halogenated alkanes) is 1. The van der Waals surface area contributed by atoms with Crippen molar-refractivity contribution in [3.8, 4) is 0 Å². The van der Waals surface area contributed by atoms with Crippen LogP contribution in [0.2, 0.25) is 0 Å². The number of nitrogens with zero attached hydrogens (tertiary/aromatic N) is 1. The van der Waals surface area contributed by atoms with Gasteiger partial charge in [-0.15, -0.1) is 0 Å². The fourth-order valence-electron chi connectivity index (χ4n) is 1.28. The lowest BCUT2D eigenvalue weighted by Gasteiger charge is -2.10. The van der Waals surface area contributed by atoms with E-state index < -0.39 is 0 Å². The molecule has 0 saturated heterocycles. The molecule has 0 aliphatic heterocycles. The van der Waals surface area contributed by atoms with Crippen LogP contribution in [0.5, 0.6) is 0 Å². The second-order valence-corrected chi connectivity index (χ2v) is 2.93. The van der Waals surface area contributed by atoms with Crippen LogP contribution < -0.4 is 5.32 Å². The van der Waals surface area contributed by atoms with Gasteiger partial charge in [0, 0.05) is 7.05 Å². The summed E-state index contributed by atoms with van der Waals surface area (Å²) < 4.78 is 5.29. The molecule has 1 atom stereocenters. The van der Waals surface area contributed by atoms with Crippen molar-refractivity contribution in [2.75, 3.05) is 7.05 Å². The van der Waals surface area contributed by atoms with Gasteiger partial charge >= 0.3 is 0 Å². The highest BCUT2D eigenvalue weighted by molar-refractivity contribution is 5.03. The van der Waals surface area contributed by atoms with Gasteiger partial charge in [0.15, 0.2) is 0 Å². The van der Waals surface area contributed by atoms with Crippen LogP contribution in [0.4, 0.5) is 0 Å². The Morgan fingerprint density at radius 2 is 2.42 bits per heavy atom. The lowest BCUT2D eigenvalue weighted by molar-refractivity contribution is 0.402. The first-order valence-electron chi connectivity index (χ1n) is 4.50. The van der Waals surface area contributed by atoms with Crippen molar-refractivity contribution in [1.82, 2.24) is 5.32 Å². The lowest BCUT2D eigenvalue weighted by atomic mass is 10.1. The van der Waals surface area contributed by atoms with Gasteiger partial charge in [-0.1, -0.05) is 19.8 Å². The summed E-state index contributed by atoms with van der Waals surface area (Å²) in [6.07, 6.45) is 5.23. The SMILES string of the molecule is CCCCC([N]C)c1ccco1. The first-order chi connectivity index (χ1) is 5.88. The molecule has 0 fully saturated rings. The van der Waals surface area contributed by atoms with Gasteiger partial charge in [0.05, 0.1) is 12.3 Å². The normalized spacial score (nSPS) is 13.2. The molecule has 0 aliphatic carbocycles. The molecular formula is C10H16NO. The maximum absolute atomic E-state index is 5.29. The van der Waals surface area contributed by atoms with Crippen molar-refractivity contribution < 1.29 is 4.42 Å². The third-order valence-corrected chi connectivity index (χ3v) is 2.01. The van der Waals surface area contributed by atoms with E-state index in [9.17, 15) is 0 Å². The largest absolute Gasteiger partial charge is 0.468 e. The Balaban J connectivity index is 2.45. The standard InChI is InChI=1S/C10H16NO/c1-3-4-6-9(11-2)10-7-5-8-12-10/h5,7-9H,3-4,6H2,1-2H3. The fraction of sp³-hybridized carbons (Fsp3) is 0.600. The second-order valence-electron chi connectivity index (χ2n) is 2.93. The van der Waals surface area contributed by atoms with Crippen molar-refractivity contribution in [3.05, 3.63) is 24.2 Å². The van der Waals surface area contributed by atoms with E-state index in [0.29, 0.717) is 0 Å². The van der Waals surface area contributed by atoms with Gasteiger partial charge in [-0.05, 0) is 18.6 Å². The topological polar surface area (TPSA) is 27.2 Å². The van der Waals surface area contributed by atoms with Crippen molar-refractivity contribution in [2.24, 2.45) is 0 Å². The predicted molar refractivity (Wildman–Crippen MR) is 49.0 cm³/mol. The minimum absolute atomic E-state index is 0.264. The molecule has 2 heteroatoms. The van der Waals surface area contributed by atoms with E-state index in [-0.39, 0.29) is 6.04 Å². The number of furan rings is 1. The highest BCUT2D eigenvalue weighted by Gasteiger charge is 2.11. The zero-order valence-corrected chi connectivity index (χ0v) is 7.79. The molecule has 1 rings (SSSR count). The van der Waals surface area contributed by atoms with Gasteiger partial charge in [0.2, 0.25) is 0 Å². The van der Waals surface area contributed by atoms with Crippen molar-refractivity contribution in [1.29, 1.82) is 0 Å². The van der Waals surface area contributed by atoms with Crippen LogP contribution in [-0.4, -0.2) is 7.05 Å². The molecule has 1 aromatic heterocycles. The van der Waals surface area contributed by atoms with Crippen LogP contribution in [0.15, 0.2) is 22.8 Å². The smallest absolute Gasteiger partial charge is 0.122 e. The third-order valence-electron chi connectivity index (χ3n) is 2.01. The molecule has 0 bridgehead atoms. The summed E-state index contributed by atoms with van der Waals surface area (Å²) in [7, 11) is 1.85. The van der Waals surface area contributed by atoms with E-state index in [4.69, 9.17) is 4.42 Å². The van der Waals surface area contributed by atoms with E-state index in [1.807, 2.05) is 19.2 Å². The Morgan fingerprint density at radius 1 is 1.58 bits per heavy atom. The summed E-state index contributed by atoms with van der Waals surface area (Å²) in [5.41, 5.74) is 0. The highest BCUT2D eigenvalue weighted by Crippen LogP contribution is 2.19. The lowest BCUT2D eigenvalue weighted by Crippen LogP contribution is -2.08. The van der Waals surface area contributed by atoms with Crippen molar-refractivity contribution in [3.63, 3.8) is 0 Å². The van der Waals surface area contributed by atoms with Crippen LogP contribution in [-0.2, 0) is 0 Å². The molecule has 0 N–H and O–H groups in total. The predicted octanol–water partition coefficient (Wildman–Crippen LogP) is 2.75. The average Bonchev–Trinajstić information content (AvgIpc) is 2.59. The van der Waals surface area contributed by atoms with Gasteiger partial charge in [0.25, 0.3) is 0 Å². The van der Waals surface area contributed by atoms with E-state index in [1.54, 1.807) is 6.26 Å². The van der Waals surface area contributed by atoms with Gasteiger partial charge in [0.1, 0.15) is 5.76 Å². The number of hydrogen-bond acceptors (Lipinski definition) is 1. The van der Waals surface area contributed by atoms with Crippen molar-refractivity contribution >= 4 is 0 Å².